The Morgan fingerprint density at radius 1 is 1.17 bits per heavy atom. The summed E-state index contributed by atoms with van der Waals surface area (Å²) in [5.74, 6) is 0.829. The maximum atomic E-state index is 5.41. The van der Waals surface area contributed by atoms with Crippen LogP contribution in [0, 0.1) is 13.8 Å². The van der Waals surface area contributed by atoms with E-state index in [9.17, 15) is 0 Å². The van der Waals surface area contributed by atoms with E-state index in [1.807, 2.05) is 6.92 Å². The van der Waals surface area contributed by atoms with Crippen LogP contribution in [0.5, 0.6) is 0 Å². The molecule has 0 bridgehead atoms. The number of aryl methyl sites for hydroxylation is 2. The fourth-order valence-electron chi connectivity index (χ4n) is 1.95. The first-order valence-electron chi connectivity index (χ1n) is 7.61. The Hall–Kier alpha value is -0.450. The molecule has 1 aromatic rings. The second-order valence-corrected chi connectivity index (χ2v) is 6.16. The minimum Gasteiger partial charge on any atom is -0.382 e. The van der Waals surface area contributed by atoms with Gasteiger partial charge in [-0.15, -0.1) is 35.3 Å². The van der Waals surface area contributed by atoms with Crippen LogP contribution in [0.25, 0.3) is 0 Å². The molecule has 0 aliphatic rings. The molecule has 0 fully saturated rings. The van der Waals surface area contributed by atoms with E-state index in [2.05, 4.69) is 27.5 Å². The van der Waals surface area contributed by atoms with Gasteiger partial charge in [-0.3, -0.25) is 4.99 Å². The van der Waals surface area contributed by atoms with Gasteiger partial charge in [0.15, 0.2) is 5.96 Å². The van der Waals surface area contributed by atoms with Crippen molar-refractivity contribution in [2.75, 3.05) is 47.1 Å². The van der Waals surface area contributed by atoms with Crippen LogP contribution < -0.4 is 10.6 Å². The number of halogens is 1. The molecule has 0 saturated heterocycles. The normalized spacial score (nSPS) is 11.2. The first-order valence-corrected chi connectivity index (χ1v) is 8.43. The third kappa shape index (κ3) is 10.1. The zero-order valence-electron chi connectivity index (χ0n) is 14.5. The first kappa shape index (κ1) is 22.6. The summed E-state index contributed by atoms with van der Waals surface area (Å²) in [6, 6.07) is 0. The highest BCUT2D eigenvalue weighted by Gasteiger charge is 2.04. The third-order valence-corrected chi connectivity index (χ3v) is 4.19. The van der Waals surface area contributed by atoms with Crippen LogP contribution >= 0.6 is 35.3 Å². The summed E-state index contributed by atoms with van der Waals surface area (Å²) >= 11 is 1.77. The summed E-state index contributed by atoms with van der Waals surface area (Å²) in [5, 5.41) is 7.73. The van der Waals surface area contributed by atoms with E-state index in [-0.39, 0.29) is 24.0 Å². The van der Waals surface area contributed by atoms with Crippen LogP contribution in [0.15, 0.2) is 4.99 Å². The highest BCUT2D eigenvalue weighted by molar-refractivity contribution is 14.0. The molecule has 0 aliphatic heterocycles. The number of rotatable bonds is 10. The van der Waals surface area contributed by atoms with Crippen LogP contribution in [0.3, 0.4) is 0 Å². The van der Waals surface area contributed by atoms with Gasteiger partial charge >= 0.3 is 0 Å². The van der Waals surface area contributed by atoms with E-state index >= 15 is 0 Å². The van der Waals surface area contributed by atoms with Gasteiger partial charge in [0.2, 0.25) is 0 Å². The summed E-state index contributed by atoms with van der Waals surface area (Å²) < 4.78 is 10.3. The van der Waals surface area contributed by atoms with E-state index in [1.165, 1.54) is 4.88 Å². The van der Waals surface area contributed by atoms with Crippen molar-refractivity contribution in [2.45, 2.75) is 26.7 Å². The van der Waals surface area contributed by atoms with Crippen LogP contribution in [0.4, 0.5) is 0 Å². The van der Waals surface area contributed by atoms with Crippen molar-refractivity contribution < 1.29 is 9.47 Å². The predicted molar refractivity (Wildman–Crippen MR) is 107 cm³/mol. The van der Waals surface area contributed by atoms with Gasteiger partial charge in [0.05, 0.1) is 23.9 Å². The number of aliphatic imine (C=N–C) groups is 1. The molecule has 6 nitrogen and oxygen atoms in total. The monoisotopic (exact) mass is 456 g/mol. The molecule has 8 heteroatoms. The van der Waals surface area contributed by atoms with Crippen LogP contribution in [0.1, 0.15) is 22.0 Å². The molecule has 23 heavy (non-hydrogen) atoms. The topological polar surface area (TPSA) is 67.8 Å². The zero-order chi connectivity index (χ0) is 16.2. The SMILES string of the molecule is CN=C(NCCCOCCOC)NCCc1sc(C)nc1C.I. The number of methoxy groups -OCH3 is 1. The zero-order valence-corrected chi connectivity index (χ0v) is 17.6. The van der Waals surface area contributed by atoms with Gasteiger partial charge in [0.1, 0.15) is 0 Å². The van der Waals surface area contributed by atoms with E-state index in [4.69, 9.17) is 9.47 Å². The van der Waals surface area contributed by atoms with Crippen molar-refractivity contribution in [3.8, 4) is 0 Å². The van der Waals surface area contributed by atoms with Crippen molar-refractivity contribution in [3.05, 3.63) is 15.6 Å². The summed E-state index contributed by atoms with van der Waals surface area (Å²) in [4.78, 5) is 10.00. The Balaban J connectivity index is 0.00000484. The third-order valence-electron chi connectivity index (χ3n) is 3.06. The second kappa shape index (κ2) is 13.9. The molecule has 134 valence electrons. The van der Waals surface area contributed by atoms with E-state index in [0.29, 0.717) is 13.2 Å². The Morgan fingerprint density at radius 2 is 1.91 bits per heavy atom. The summed E-state index contributed by atoms with van der Waals surface area (Å²) in [6.07, 6.45) is 1.91. The van der Waals surface area contributed by atoms with Gasteiger partial charge in [0, 0.05) is 45.2 Å². The minimum atomic E-state index is 0. The van der Waals surface area contributed by atoms with Crippen LogP contribution in [0.2, 0.25) is 0 Å². The van der Waals surface area contributed by atoms with Gasteiger partial charge in [-0.25, -0.2) is 4.98 Å². The maximum Gasteiger partial charge on any atom is 0.190 e. The highest BCUT2D eigenvalue weighted by atomic mass is 127. The average molecular weight is 456 g/mol. The van der Waals surface area contributed by atoms with Gasteiger partial charge in [0.25, 0.3) is 0 Å². The van der Waals surface area contributed by atoms with Gasteiger partial charge in [-0.05, 0) is 20.3 Å². The number of aromatic nitrogens is 1. The Labute approximate surface area is 160 Å². The summed E-state index contributed by atoms with van der Waals surface area (Å²) in [6.45, 7) is 7.83. The van der Waals surface area contributed by atoms with Crippen LogP contribution in [-0.2, 0) is 15.9 Å². The molecule has 0 radical (unpaired) electrons. The number of nitrogens with zero attached hydrogens (tertiary/aromatic N) is 2. The standard InChI is InChI=1S/C15H28N4O2S.HI/c1-12-14(22-13(2)19-12)6-8-18-15(16-3)17-7-5-9-21-11-10-20-4;/h5-11H2,1-4H3,(H2,16,17,18);1H. The minimum absolute atomic E-state index is 0. The van der Waals surface area contributed by atoms with E-state index in [0.717, 1.165) is 49.2 Å². The Morgan fingerprint density at radius 3 is 2.52 bits per heavy atom. The average Bonchev–Trinajstić information content (AvgIpc) is 2.82. The molecule has 2 N–H and O–H groups in total. The highest BCUT2D eigenvalue weighted by Crippen LogP contribution is 2.16. The van der Waals surface area contributed by atoms with Crippen molar-refractivity contribution >= 4 is 41.3 Å². The molecular weight excluding hydrogens is 427 g/mol. The number of nitrogens with one attached hydrogen (secondary N) is 2. The van der Waals surface area contributed by atoms with Crippen molar-refractivity contribution in [1.82, 2.24) is 15.6 Å². The number of hydrogen-bond donors (Lipinski definition) is 2. The molecule has 0 spiro atoms. The van der Waals surface area contributed by atoms with Crippen molar-refractivity contribution in [2.24, 2.45) is 4.99 Å². The molecule has 0 aromatic carbocycles. The fraction of sp³-hybridized carbons (Fsp3) is 0.733. The van der Waals surface area contributed by atoms with E-state index in [1.54, 1.807) is 25.5 Å². The summed E-state index contributed by atoms with van der Waals surface area (Å²) in [7, 11) is 3.46. The predicted octanol–water partition coefficient (Wildman–Crippen LogP) is 2.14. The van der Waals surface area contributed by atoms with Crippen LogP contribution in [-0.4, -0.2) is 58.0 Å². The molecule has 0 aliphatic carbocycles. The number of hydrogen-bond acceptors (Lipinski definition) is 5. The Kier molecular flexibility index (Phi) is 13.7. The van der Waals surface area contributed by atoms with Gasteiger partial charge in [-0.1, -0.05) is 0 Å². The molecule has 1 heterocycles. The first-order chi connectivity index (χ1) is 10.7. The fourth-order valence-corrected chi connectivity index (χ4v) is 2.88. The lowest BCUT2D eigenvalue weighted by Gasteiger charge is -2.11. The lowest BCUT2D eigenvalue weighted by molar-refractivity contribution is 0.0698. The smallest absolute Gasteiger partial charge is 0.190 e. The van der Waals surface area contributed by atoms with E-state index < -0.39 is 0 Å². The molecule has 0 unspecified atom stereocenters. The molecule has 0 amide bonds. The lowest BCUT2D eigenvalue weighted by atomic mass is 10.3. The molecule has 0 atom stereocenters. The van der Waals surface area contributed by atoms with Crippen molar-refractivity contribution in [3.63, 3.8) is 0 Å². The number of ether oxygens (including phenoxy) is 2. The lowest BCUT2D eigenvalue weighted by Crippen LogP contribution is -2.39. The molecule has 1 aromatic heterocycles. The number of guanidine groups is 1. The second-order valence-electron chi connectivity index (χ2n) is 4.88. The summed E-state index contributed by atoms with van der Waals surface area (Å²) in [5.41, 5.74) is 1.14. The van der Waals surface area contributed by atoms with Crippen molar-refractivity contribution in [1.29, 1.82) is 0 Å². The maximum absolute atomic E-state index is 5.41. The molecular formula is C15H29IN4O2S. The Bertz CT molecular complexity index is 455. The molecule has 1 rings (SSSR count). The molecule has 0 saturated carbocycles. The van der Waals surface area contributed by atoms with Gasteiger partial charge < -0.3 is 20.1 Å². The quantitative estimate of drug-likeness (QED) is 0.245. The largest absolute Gasteiger partial charge is 0.382 e. The van der Waals surface area contributed by atoms with Gasteiger partial charge in [-0.2, -0.15) is 0 Å². The number of thiazole rings is 1.